The van der Waals surface area contributed by atoms with Crippen LogP contribution in [0.3, 0.4) is 0 Å². The molecular formula is C16H29IN4O. The van der Waals surface area contributed by atoms with Crippen LogP contribution in [0.4, 0.5) is 0 Å². The second-order valence-electron chi connectivity index (χ2n) is 6.43. The van der Waals surface area contributed by atoms with E-state index in [9.17, 15) is 0 Å². The van der Waals surface area contributed by atoms with E-state index in [2.05, 4.69) is 34.2 Å². The van der Waals surface area contributed by atoms with Gasteiger partial charge in [-0.05, 0) is 38.5 Å². The summed E-state index contributed by atoms with van der Waals surface area (Å²) in [4.78, 5) is 6.79. The van der Waals surface area contributed by atoms with Gasteiger partial charge in [0.2, 0.25) is 0 Å². The quantitative estimate of drug-likeness (QED) is 0.461. The predicted octanol–water partition coefficient (Wildman–Crippen LogP) is 3.35. The van der Waals surface area contributed by atoms with E-state index in [1.807, 2.05) is 20.9 Å². The minimum absolute atomic E-state index is 0. The average molecular weight is 420 g/mol. The molecule has 0 bridgehead atoms. The Labute approximate surface area is 150 Å². The number of nitrogens with one attached hydrogen (secondary N) is 1. The molecule has 2 heterocycles. The SMILES string of the molecule is CN=C(NCc1c(C)noc1C)N1CCC(CC(C)C)C1.I. The molecule has 1 N–H and O–H groups in total. The van der Waals surface area contributed by atoms with Gasteiger partial charge in [-0.15, -0.1) is 24.0 Å². The highest BCUT2D eigenvalue weighted by Crippen LogP contribution is 2.23. The van der Waals surface area contributed by atoms with Gasteiger partial charge in [0.05, 0.1) is 5.69 Å². The van der Waals surface area contributed by atoms with E-state index in [4.69, 9.17) is 4.52 Å². The van der Waals surface area contributed by atoms with Crippen molar-refractivity contribution < 1.29 is 4.52 Å². The molecule has 22 heavy (non-hydrogen) atoms. The molecule has 1 aliphatic heterocycles. The molecule has 0 aromatic carbocycles. The van der Waals surface area contributed by atoms with Gasteiger partial charge in [0, 0.05) is 32.2 Å². The van der Waals surface area contributed by atoms with Gasteiger partial charge in [0.1, 0.15) is 5.76 Å². The van der Waals surface area contributed by atoms with Gasteiger partial charge < -0.3 is 14.7 Å². The first-order valence-corrected chi connectivity index (χ1v) is 7.88. The van der Waals surface area contributed by atoms with E-state index in [1.165, 1.54) is 12.8 Å². The molecule has 0 amide bonds. The third-order valence-corrected chi connectivity index (χ3v) is 4.21. The normalized spacial score (nSPS) is 18.7. The summed E-state index contributed by atoms with van der Waals surface area (Å²) in [5.41, 5.74) is 2.09. The third-order valence-electron chi connectivity index (χ3n) is 4.21. The van der Waals surface area contributed by atoms with Crippen molar-refractivity contribution in [1.29, 1.82) is 0 Å². The van der Waals surface area contributed by atoms with Crippen molar-refractivity contribution in [3.63, 3.8) is 0 Å². The summed E-state index contributed by atoms with van der Waals surface area (Å²) in [7, 11) is 1.85. The molecule has 0 spiro atoms. The molecule has 1 unspecified atom stereocenters. The Bertz CT molecular complexity index is 479. The molecule has 1 fully saturated rings. The lowest BCUT2D eigenvalue weighted by Gasteiger charge is -2.22. The molecule has 5 nitrogen and oxygen atoms in total. The maximum Gasteiger partial charge on any atom is 0.193 e. The van der Waals surface area contributed by atoms with E-state index in [1.54, 1.807) is 0 Å². The Morgan fingerprint density at radius 1 is 1.45 bits per heavy atom. The highest BCUT2D eigenvalue weighted by atomic mass is 127. The molecule has 0 saturated carbocycles. The van der Waals surface area contributed by atoms with Gasteiger partial charge in [-0.2, -0.15) is 0 Å². The Morgan fingerprint density at radius 3 is 2.73 bits per heavy atom. The summed E-state index contributed by atoms with van der Waals surface area (Å²) in [6.45, 7) is 11.5. The largest absolute Gasteiger partial charge is 0.361 e. The summed E-state index contributed by atoms with van der Waals surface area (Å²) in [5, 5.41) is 7.44. The highest BCUT2D eigenvalue weighted by molar-refractivity contribution is 14.0. The van der Waals surface area contributed by atoms with Crippen LogP contribution in [0.2, 0.25) is 0 Å². The van der Waals surface area contributed by atoms with E-state index in [0.29, 0.717) is 0 Å². The first-order chi connectivity index (χ1) is 10.0. The molecule has 1 saturated heterocycles. The predicted molar refractivity (Wildman–Crippen MR) is 101 cm³/mol. The van der Waals surface area contributed by atoms with Crippen LogP contribution in [0.1, 0.15) is 43.7 Å². The van der Waals surface area contributed by atoms with Crippen LogP contribution in [-0.2, 0) is 6.54 Å². The van der Waals surface area contributed by atoms with Gasteiger partial charge in [-0.1, -0.05) is 19.0 Å². The molecule has 1 aromatic heterocycles. The fraction of sp³-hybridized carbons (Fsp3) is 0.750. The fourth-order valence-electron chi connectivity index (χ4n) is 3.14. The summed E-state index contributed by atoms with van der Waals surface area (Å²) in [6.07, 6.45) is 2.57. The molecule has 1 aromatic rings. The first-order valence-electron chi connectivity index (χ1n) is 7.88. The summed E-state index contributed by atoms with van der Waals surface area (Å²) in [6, 6.07) is 0. The van der Waals surface area contributed by atoms with Gasteiger partial charge in [-0.25, -0.2) is 0 Å². The molecule has 6 heteroatoms. The maximum absolute atomic E-state index is 5.20. The zero-order chi connectivity index (χ0) is 15.4. The van der Waals surface area contributed by atoms with Crippen molar-refractivity contribution in [2.45, 2.75) is 47.1 Å². The lowest BCUT2D eigenvalue weighted by atomic mass is 9.97. The number of hydrogen-bond acceptors (Lipinski definition) is 3. The number of likely N-dealkylation sites (tertiary alicyclic amines) is 1. The Morgan fingerprint density at radius 2 is 2.18 bits per heavy atom. The smallest absolute Gasteiger partial charge is 0.193 e. The minimum Gasteiger partial charge on any atom is -0.361 e. The van der Waals surface area contributed by atoms with Crippen LogP contribution >= 0.6 is 24.0 Å². The molecule has 1 atom stereocenters. The number of aryl methyl sites for hydroxylation is 2. The molecule has 2 rings (SSSR count). The minimum atomic E-state index is 0. The number of guanidine groups is 1. The van der Waals surface area contributed by atoms with Crippen molar-refractivity contribution in [3.8, 4) is 0 Å². The van der Waals surface area contributed by atoms with E-state index in [-0.39, 0.29) is 24.0 Å². The van der Waals surface area contributed by atoms with Crippen molar-refractivity contribution >= 4 is 29.9 Å². The van der Waals surface area contributed by atoms with Crippen molar-refractivity contribution in [2.75, 3.05) is 20.1 Å². The first kappa shape index (κ1) is 19.3. The van der Waals surface area contributed by atoms with Crippen molar-refractivity contribution in [2.24, 2.45) is 16.8 Å². The third kappa shape index (κ3) is 4.86. The van der Waals surface area contributed by atoms with Gasteiger partial charge in [0.25, 0.3) is 0 Å². The zero-order valence-electron chi connectivity index (χ0n) is 14.3. The summed E-state index contributed by atoms with van der Waals surface area (Å²) < 4.78 is 5.20. The van der Waals surface area contributed by atoms with Crippen LogP contribution in [0.5, 0.6) is 0 Å². The standard InChI is InChI=1S/C16H28N4O.HI/c1-11(2)8-14-6-7-20(10-14)16(17-5)18-9-15-12(3)19-21-13(15)4;/h11,14H,6-10H2,1-5H3,(H,17,18);1H. The van der Waals surface area contributed by atoms with Crippen LogP contribution < -0.4 is 5.32 Å². The lowest BCUT2D eigenvalue weighted by Crippen LogP contribution is -2.39. The number of aromatic nitrogens is 1. The van der Waals surface area contributed by atoms with E-state index in [0.717, 1.165) is 54.4 Å². The Kier molecular flexibility index (Phi) is 7.65. The van der Waals surface area contributed by atoms with E-state index >= 15 is 0 Å². The number of nitrogens with zero attached hydrogens (tertiary/aromatic N) is 3. The van der Waals surface area contributed by atoms with Gasteiger partial charge in [-0.3, -0.25) is 4.99 Å². The van der Waals surface area contributed by atoms with Crippen molar-refractivity contribution in [1.82, 2.24) is 15.4 Å². The second kappa shape index (κ2) is 8.74. The van der Waals surface area contributed by atoms with E-state index < -0.39 is 0 Å². The van der Waals surface area contributed by atoms with Crippen LogP contribution in [-0.4, -0.2) is 36.2 Å². The Balaban J connectivity index is 0.00000242. The average Bonchev–Trinajstić information content (AvgIpc) is 2.99. The topological polar surface area (TPSA) is 53.7 Å². The molecular weight excluding hydrogens is 391 g/mol. The molecule has 126 valence electrons. The molecule has 1 aliphatic rings. The highest BCUT2D eigenvalue weighted by Gasteiger charge is 2.25. The summed E-state index contributed by atoms with van der Waals surface area (Å²) in [5.74, 6) is 3.44. The zero-order valence-corrected chi connectivity index (χ0v) is 16.7. The Hall–Kier alpha value is -0.790. The number of aliphatic imine (C=N–C) groups is 1. The lowest BCUT2D eigenvalue weighted by molar-refractivity contribution is 0.391. The van der Waals surface area contributed by atoms with Crippen LogP contribution in [0.15, 0.2) is 9.52 Å². The molecule has 0 radical (unpaired) electrons. The number of halogens is 1. The maximum atomic E-state index is 5.20. The molecule has 0 aliphatic carbocycles. The number of hydrogen-bond donors (Lipinski definition) is 1. The number of rotatable bonds is 4. The van der Waals surface area contributed by atoms with Crippen LogP contribution in [0.25, 0.3) is 0 Å². The summed E-state index contributed by atoms with van der Waals surface area (Å²) >= 11 is 0. The van der Waals surface area contributed by atoms with Crippen LogP contribution in [0, 0.1) is 25.7 Å². The van der Waals surface area contributed by atoms with Gasteiger partial charge >= 0.3 is 0 Å². The monoisotopic (exact) mass is 420 g/mol. The second-order valence-corrected chi connectivity index (χ2v) is 6.43. The van der Waals surface area contributed by atoms with Gasteiger partial charge in [0.15, 0.2) is 5.96 Å². The fourth-order valence-corrected chi connectivity index (χ4v) is 3.14. The van der Waals surface area contributed by atoms with Crippen molar-refractivity contribution in [3.05, 3.63) is 17.0 Å².